The zero-order valence-electron chi connectivity index (χ0n) is 9.15. The van der Waals surface area contributed by atoms with E-state index in [0.29, 0.717) is 5.82 Å². The van der Waals surface area contributed by atoms with Crippen molar-refractivity contribution >= 4 is 27.4 Å². The fraction of sp³-hybridized carbons (Fsp3) is 0.0909. The van der Waals surface area contributed by atoms with Gasteiger partial charge in [0.2, 0.25) is 0 Å². The lowest BCUT2D eigenvalue weighted by molar-refractivity contribution is -0.137. The van der Waals surface area contributed by atoms with E-state index in [2.05, 4.69) is 15.5 Å². The molecule has 0 aliphatic rings. The minimum atomic E-state index is -0.968. The monoisotopic (exact) mass is 260 g/mol. The standard InChI is InChI=1S/C11H8N4O2S/c16-10(17)6-15-11(12-13-14-15)9-5-7-3-1-2-4-8(7)18-9/h1-5H,6H2,(H,16,17). The summed E-state index contributed by atoms with van der Waals surface area (Å²) in [6.07, 6.45) is 0. The lowest BCUT2D eigenvalue weighted by atomic mass is 10.2. The predicted octanol–water partition coefficient (Wildman–Crippen LogP) is 1.64. The summed E-state index contributed by atoms with van der Waals surface area (Å²) in [7, 11) is 0. The number of fused-ring (bicyclic) bond motifs is 1. The third kappa shape index (κ3) is 1.84. The number of nitrogens with zero attached hydrogens (tertiary/aromatic N) is 4. The summed E-state index contributed by atoms with van der Waals surface area (Å²) in [5, 5.41) is 21.0. The number of aliphatic carboxylic acids is 1. The van der Waals surface area contributed by atoms with E-state index in [9.17, 15) is 4.79 Å². The minimum Gasteiger partial charge on any atom is -0.480 e. The van der Waals surface area contributed by atoms with Crippen LogP contribution in [0.5, 0.6) is 0 Å². The van der Waals surface area contributed by atoms with Crippen LogP contribution in [0.3, 0.4) is 0 Å². The number of aromatic nitrogens is 4. The van der Waals surface area contributed by atoms with Crippen LogP contribution >= 0.6 is 11.3 Å². The van der Waals surface area contributed by atoms with Gasteiger partial charge in [0, 0.05) is 4.70 Å². The molecule has 0 bridgehead atoms. The van der Waals surface area contributed by atoms with Crippen LogP contribution in [-0.2, 0) is 11.3 Å². The maximum absolute atomic E-state index is 10.7. The third-order valence-corrected chi connectivity index (χ3v) is 3.57. The lowest BCUT2D eigenvalue weighted by Crippen LogP contribution is -2.11. The summed E-state index contributed by atoms with van der Waals surface area (Å²) in [5.41, 5.74) is 0. The summed E-state index contributed by atoms with van der Waals surface area (Å²) in [6, 6.07) is 9.89. The number of carboxylic acid groups (broad SMARTS) is 1. The number of carbonyl (C=O) groups is 1. The highest BCUT2D eigenvalue weighted by Crippen LogP contribution is 2.31. The normalized spacial score (nSPS) is 10.9. The van der Waals surface area contributed by atoms with Crippen molar-refractivity contribution in [1.29, 1.82) is 0 Å². The van der Waals surface area contributed by atoms with Gasteiger partial charge in [-0.25, -0.2) is 4.68 Å². The van der Waals surface area contributed by atoms with Gasteiger partial charge in [-0.1, -0.05) is 18.2 Å². The number of tetrazole rings is 1. The number of hydrogen-bond acceptors (Lipinski definition) is 5. The van der Waals surface area contributed by atoms with E-state index in [1.807, 2.05) is 30.3 Å². The second kappa shape index (κ2) is 4.19. The van der Waals surface area contributed by atoms with Gasteiger partial charge in [0.15, 0.2) is 5.82 Å². The first-order valence-electron chi connectivity index (χ1n) is 5.21. The van der Waals surface area contributed by atoms with Gasteiger partial charge in [0.05, 0.1) is 4.88 Å². The van der Waals surface area contributed by atoms with Crippen molar-refractivity contribution in [2.24, 2.45) is 0 Å². The molecule has 0 amide bonds. The number of carboxylic acids is 1. The van der Waals surface area contributed by atoms with Crippen molar-refractivity contribution in [2.75, 3.05) is 0 Å². The van der Waals surface area contributed by atoms with Gasteiger partial charge in [0.25, 0.3) is 0 Å². The highest BCUT2D eigenvalue weighted by atomic mass is 32.1. The first-order chi connectivity index (χ1) is 8.74. The van der Waals surface area contributed by atoms with E-state index < -0.39 is 5.97 Å². The van der Waals surface area contributed by atoms with Gasteiger partial charge >= 0.3 is 5.97 Å². The van der Waals surface area contributed by atoms with Crippen LogP contribution in [0.25, 0.3) is 20.8 Å². The molecule has 0 unspecified atom stereocenters. The molecule has 1 aromatic carbocycles. The van der Waals surface area contributed by atoms with Crippen molar-refractivity contribution in [3.63, 3.8) is 0 Å². The molecule has 3 aromatic rings. The zero-order valence-corrected chi connectivity index (χ0v) is 9.96. The molecule has 0 aliphatic heterocycles. The Kier molecular flexibility index (Phi) is 2.52. The summed E-state index contributed by atoms with van der Waals surface area (Å²) < 4.78 is 2.41. The van der Waals surface area contributed by atoms with Gasteiger partial charge in [-0.3, -0.25) is 4.79 Å². The first kappa shape index (κ1) is 10.8. The van der Waals surface area contributed by atoms with Crippen LogP contribution < -0.4 is 0 Å². The SMILES string of the molecule is O=C(O)Cn1nnnc1-c1cc2ccccc2s1. The molecular weight excluding hydrogens is 252 g/mol. The molecule has 6 nitrogen and oxygen atoms in total. The molecule has 1 N–H and O–H groups in total. The molecule has 2 aromatic heterocycles. The van der Waals surface area contributed by atoms with Crippen molar-refractivity contribution < 1.29 is 9.90 Å². The van der Waals surface area contributed by atoms with E-state index in [1.54, 1.807) is 0 Å². The summed E-state index contributed by atoms with van der Waals surface area (Å²) in [5.74, 6) is -0.483. The Balaban J connectivity index is 2.08. The second-order valence-corrected chi connectivity index (χ2v) is 4.79. The topological polar surface area (TPSA) is 80.9 Å². The Labute approximate surface area is 105 Å². The molecule has 0 saturated carbocycles. The third-order valence-electron chi connectivity index (χ3n) is 2.46. The van der Waals surface area contributed by atoms with E-state index in [0.717, 1.165) is 15.0 Å². The van der Waals surface area contributed by atoms with E-state index in [4.69, 9.17) is 5.11 Å². The maximum atomic E-state index is 10.7. The summed E-state index contributed by atoms with van der Waals surface area (Å²) >= 11 is 1.54. The van der Waals surface area contributed by atoms with Crippen LogP contribution in [0.4, 0.5) is 0 Å². The lowest BCUT2D eigenvalue weighted by Gasteiger charge is -1.97. The number of thiophene rings is 1. The highest BCUT2D eigenvalue weighted by Gasteiger charge is 2.13. The Bertz CT molecular complexity index is 685. The molecule has 18 heavy (non-hydrogen) atoms. The van der Waals surface area contributed by atoms with Crippen LogP contribution in [0.1, 0.15) is 0 Å². The van der Waals surface area contributed by atoms with Crippen molar-refractivity contribution in [3.05, 3.63) is 30.3 Å². The molecule has 0 radical (unpaired) electrons. The average Bonchev–Trinajstić information content (AvgIpc) is 2.93. The molecule has 3 rings (SSSR count). The number of benzene rings is 1. The number of hydrogen-bond donors (Lipinski definition) is 1. The maximum Gasteiger partial charge on any atom is 0.325 e. The van der Waals surface area contributed by atoms with E-state index >= 15 is 0 Å². The zero-order chi connectivity index (χ0) is 12.5. The Morgan fingerprint density at radius 2 is 2.22 bits per heavy atom. The first-order valence-corrected chi connectivity index (χ1v) is 6.02. The smallest absolute Gasteiger partial charge is 0.325 e. The largest absolute Gasteiger partial charge is 0.480 e. The van der Waals surface area contributed by atoms with Crippen molar-refractivity contribution in [2.45, 2.75) is 6.54 Å². The summed E-state index contributed by atoms with van der Waals surface area (Å²) in [6.45, 7) is -0.240. The van der Waals surface area contributed by atoms with Gasteiger partial charge in [-0.15, -0.1) is 16.4 Å². The quantitative estimate of drug-likeness (QED) is 0.774. The van der Waals surface area contributed by atoms with Crippen LogP contribution in [-0.4, -0.2) is 31.3 Å². The van der Waals surface area contributed by atoms with Crippen LogP contribution in [0, 0.1) is 0 Å². The Hall–Kier alpha value is -2.28. The molecule has 7 heteroatoms. The molecule has 0 aliphatic carbocycles. The molecular formula is C11H8N4O2S. The molecule has 0 fully saturated rings. The highest BCUT2D eigenvalue weighted by molar-refractivity contribution is 7.22. The molecule has 0 saturated heterocycles. The van der Waals surface area contributed by atoms with Gasteiger partial charge in [-0.05, 0) is 27.9 Å². The molecule has 0 spiro atoms. The van der Waals surface area contributed by atoms with Crippen molar-refractivity contribution in [1.82, 2.24) is 20.2 Å². The molecule has 90 valence electrons. The number of rotatable bonds is 3. The fourth-order valence-corrected chi connectivity index (χ4v) is 2.76. The minimum absolute atomic E-state index is 0.240. The molecule has 2 heterocycles. The van der Waals surface area contributed by atoms with Crippen LogP contribution in [0.2, 0.25) is 0 Å². The van der Waals surface area contributed by atoms with Crippen molar-refractivity contribution in [3.8, 4) is 10.7 Å². The fourth-order valence-electron chi connectivity index (χ4n) is 1.71. The second-order valence-electron chi connectivity index (χ2n) is 3.70. The van der Waals surface area contributed by atoms with E-state index in [-0.39, 0.29) is 6.54 Å². The van der Waals surface area contributed by atoms with Gasteiger partial charge in [0.1, 0.15) is 6.54 Å². The van der Waals surface area contributed by atoms with E-state index in [1.165, 1.54) is 16.0 Å². The van der Waals surface area contributed by atoms with Crippen LogP contribution in [0.15, 0.2) is 30.3 Å². The Morgan fingerprint density at radius 1 is 1.39 bits per heavy atom. The summed E-state index contributed by atoms with van der Waals surface area (Å²) in [4.78, 5) is 11.6. The predicted molar refractivity (Wildman–Crippen MR) is 66.3 cm³/mol. The van der Waals surface area contributed by atoms with Gasteiger partial charge in [-0.2, -0.15) is 0 Å². The van der Waals surface area contributed by atoms with Gasteiger partial charge < -0.3 is 5.11 Å². The average molecular weight is 260 g/mol. The Morgan fingerprint density at radius 3 is 3.00 bits per heavy atom. The molecule has 0 atom stereocenters.